The fraction of sp³-hybridized carbons (Fsp3) is 0.208. The van der Waals surface area contributed by atoms with E-state index in [1.54, 1.807) is 0 Å². The lowest BCUT2D eigenvalue weighted by Crippen LogP contribution is -2.31. The molecule has 0 radical (unpaired) electrons. The Labute approximate surface area is 173 Å². The van der Waals surface area contributed by atoms with Crippen molar-refractivity contribution in [1.29, 1.82) is 10.5 Å². The van der Waals surface area contributed by atoms with Crippen molar-refractivity contribution in [3.05, 3.63) is 83.3 Å². The molecule has 0 N–H and O–H groups in total. The summed E-state index contributed by atoms with van der Waals surface area (Å²) in [5, 5.41) is 18.9. The standard InChI is InChI=1S/C24H21N3OS/c1-14-9-17(4)20(18(5)10-14)11-21-23(28)27(24(29-21)19(12-25)13-26)22-15(2)7-6-8-16(22)3/h6-11H,1-5H3/b21-11-. The molecule has 0 atom stereocenters. The van der Waals surface area contributed by atoms with Gasteiger partial charge in [-0.3, -0.25) is 9.36 Å². The van der Waals surface area contributed by atoms with Crippen LogP contribution in [-0.4, -0.2) is 4.57 Å². The smallest absolute Gasteiger partial charge is 0.267 e. The van der Waals surface area contributed by atoms with Crippen LogP contribution < -0.4 is 14.8 Å². The van der Waals surface area contributed by atoms with E-state index in [0.717, 1.165) is 33.5 Å². The fourth-order valence-electron chi connectivity index (χ4n) is 3.68. The molecule has 5 heteroatoms. The first-order chi connectivity index (χ1) is 13.8. The second-order valence-corrected chi connectivity index (χ2v) is 8.24. The van der Waals surface area contributed by atoms with E-state index < -0.39 is 0 Å². The first kappa shape index (κ1) is 20.3. The molecule has 0 aliphatic heterocycles. The number of nitrogens with zero attached hydrogens (tertiary/aromatic N) is 3. The van der Waals surface area contributed by atoms with Crippen molar-refractivity contribution in [1.82, 2.24) is 4.57 Å². The third-order valence-corrected chi connectivity index (χ3v) is 6.03. The van der Waals surface area contributed by atoms with Gasteiger partial charge in [-0.25, -0.2) is 0 Å². The van der Waals surface area contributed by atoms with Crippen LogP contribution in [0.3, 0.4) is 0 Å². The van der Waals surface area contributed by atoms with Crippen molar-refractivity contribution in [3.8, 4) is 17.8 Å². The molecule has 0 aliphatic rings. The highest BCUT2D eigenvalue weighted by Gasteiger charge is 2.15. The van der Waals surface area contributed by atoms with Crippen LogP contribution in [0.2, 0.25) is 0 Å². The maximum Gasteiger partial charge on any atom is 0.273 e. The van der Waals surface area contributed by atoms with Crippen molar-refractivity contribution in [2.24, 2.45) is 0 Å². The summed E-state index contributed by atoms with van der Waals surface area (Å²) in [6, 6.07) is 13.8. The van der Waals surface area contributed by atoms with Gasteiger partial charge in [-0.05, 0) is 68.5 Å². The summed E-state index contributed by atoms with van der Waals surface area (Å²) >= 11 is 1.18. The number of para-hydroxylation sites is 1. The SMILES string of the molecule is Cc1cc(C)c(/C=c2\sc(=C(C#N)C#N)n(-c3c(C)cccc3C)c2=O)c(C)c1. The lowest BCUT2D eigenvalue weighted by atomic mass is 10.00. The number of rotatable bonds is 2. The topological polar surface area (TPSA) is 69.6 Å². The molecule has 0 saturated carbocycles. The van der Waals surface area contributed by atoms with Crippen LogP contribution in [0.1, 0.15) is 33.4 Å². The van der Waals surface area contributed by atoms with Crippen molar-refractivity contribution in [3.63, 3.8) is 0 Å². The Morgan fingerprint density at radius 1 is 0.966 bits per heavy atom. The largest absolute Gasteiger partial charge is 0.273 e. The molecule has 0 fully saturated rings. The molecule has 0 amide bonds. The lowest BCUT2D eigenvalue weighted by molar-refractivity contribution is 0.962. The molecule has 4 nitrogen and oxygen atoms in total. The van der Waals surface area contributed by atoms with Gasteiger partial charge in [-0.15, -0.1) is 11.3 Å². The zero-order valence-corrected chi connectivity index (χ0v) is 17.9. The fourth-order valence-corrected chi connectivity index (χ4v) is 4.70. The minimum absolute atomic E-state index is 0.0632. The molecule has 2 aromatic carbocycles. The van der Waals surface area contributed by atoms with E-state index >= 15 is 0 Å². The molecule has 3 rings (SSSR count). The van der Waals surface area contributed by atoms with Crippen LogP contribution in [0.25, 0.3) is 17.3 Å². The molecule has 0 unspecified atom stereocenters. The highest BCUT2D eigenvalue weighted by atomic mass is 32.1. The zero-order chi connectivity index (χ0) is 21.3. The highest BCUT2D eigenvalue weighted by Crippen LogP contribution is 2.18. The van der Waals surface area contributed by atoms with Crippen LogP contribution in [0.15, 0.2) is 35.1 Å². The maximum atomic E-state index is 13.4. The highest BCUT2D eigenvalue weighted by molar-refractivity contribution is 7.07. The Kier molecular flexibility index (Phi) is 5.55. The predicted octanol–water partition coefficient (Wildman–Crippen LogP) is 3.47. The molecule has 0 spiro atoms. The summed E-state index contributed by atoms with van der Waals surface area (Å²) in [5.74, 6) is 0. The van der Waals surface area contributed by atoms with Crippen molar-refractivity contribution < 1.29 is 0 Å². The normalized spacial score (nSPS) is 11.2. The van der Waals surface area contributed by atoms with Gasteiger partial charge >= 0.3 is 0 Å². The molecule has 29 heavy (non-hydrogen) atoms. The van der Waals surface area contributed by atoms with Crippen molar-refractivity contribution in [2.45, 2.75) is 34.6 Å². The van der Waals surface area contributed by atoms with Gasteiger partial charge < -0.3 is 0 Å². The Hall–Kier alpha value is -3.41. The van der Waals surface area contributed by atoms with E-state index in [-0.39, 0.29) is 11.1 Å². The third-order valence-electron chi connectivity index (χ3n) is 4.94. The number of nitriles is 2. The van der Waals surface area contributed by atoms with Gasteiger partial charge in [0.05, 0.1) is 10.2 Å². The quantitative estimate of drug-likeness (QED) is 0.663. The minimum atomic E-state index is -0.218. The van der Waals surface area contributed by atoms with Gasteiger partial charge in [0, 0.05) is 0 Å². The molecule has 1 heterocycles. The van der Waals surface area contributed by atoms with E-state index in [1.165, 1.54) is 21.5 Å². The summed E-state index contributed by atoms with van der Waals surface area (Å²) in [7, 11) is 0. The lowest BCUT2D eigenvalue weighted by Gasteiger charge is -2.10. The maximum absolute atomic E-state index is 13.4. The minimum Gasteiger partial charge on any atom is -0.267 e. The zero-order valence-electron chi connectivity index (χ0n) is 17.1. The van der Waals surface area contributed by atoms with E-state index in [9.17, 15) is 15.3 Å². The number of hydrogen-bond acceptors (Lipinski definition) is 4. The van der Waals surface area contributed by atoms with Crippen molar-refractivity contribution in [2.75, 3.05) is 0 Å². The van der Waals surface area contributed by atoms with Crippen molar-refractivity contribution >= 4 is 23.0 Å². The molecule has 0 saturated heterocycles. The Bertz CT molecular complexity index is 1330. The van der Waals surface area contributed by atoms with Crippen LogP contribution >= 0.6 is 11.3 Å². The van der Waals surface area contributed by atoms with E-state index in [2.05, 4.69) is 12.1 Å². The van der Waals surface area contributed by atoms with Gasteiger partial charge in [0.1, 0.15) is 16.8 Å². The van der Waals surface area contributed by atoms with Gasteiger partial charge in [0.25, 0.3) is 5.56 Å². The molecule has 1 aromatic heterocycles. The number of thiazole rings is 1. The Morgan fingerprint density at radius 2 is 1.52 bits per heavy atom. The molecule has 3 aromatic rings. The van der Waals surface area contributed by atoms with E-state index in [0.29, 0.717) is 9.20 Å². The molecular weight excluding hydrogens is 378 g/mol. The second kappa shape index (κ2) is 7.91. The van der Waals surface area contributed by atoms with Gasteiger partial charge in [0.15, 0.2) is 5.57 Å². The van der Waals surface area contributed by atoms with Crippen LogP contribution in [0.4, 0.5) is 0 Å². The summed E-state index contributed by atoms with van der Waals surface area (Å²) in [5.41, 5.74) is 6.60. The first-order valence-electron chi connectivity index (χ1n) is 9.21. The van der Waals surface area contributed by atoms with Gasteiger partial charge in [-0.1, -0.05) is 35.9 Å². The summed E-state index contributed by atoms with van der Waals surface area (Å²) in [6.07, 6.45) is 1.87. The predicted molar refractivity (Wildman–Crippen MR) is 117 cm³/mol. The average molecular weight is 400 g/mol. The van der Waals surface area contributed by atoms with E-state index in [4.69, 9.17) is 0 Å². The molecular formula is C24H21N3OS. The monoisotopic (exact) mass is 399 g/mol. The number of hydrogen-bond donors (Lipinski definition) is 0. The van der Waals surface area contributed by atoms with Crippen LogP contribution in [0, 0.1) is 57.3 Å². The number of aryl methyl sites for hydroxylation is 5. The van der Waals surface area contributed by atoms with Crippen LogP contribution in [0.5, 0.6) is 0 Å². The molecule has 0 aliphatic carbocycles. The molecule has 144 valence electrons. The van der Waals surface area contributed by atoms with E-state index in [1.807, 2.05) is 71.0 Å². The summed E-state index contributed by atoms with van der Waals surface area (Å²) in [4.78, 5) is 13.4. The van der Waals surface area contributed by atoms with Crippen LogP contribution in [-0.2, 0) is 0 Å². The third kappa shape index (κ3) is 3.66. The van der Waals surface area contributed by atoms with Gasteiger partial charge in [0.2, 0.25) is 0 Å². The van der Waals surface area contributed by atoms with Gasteiger partial charge in [-0.2, -0.15) is 10.5 Å². The average Bonchev–Trinajstić information content (AvgIpc) is 2.96. The summed E-state index contributed by atoms with van der Waals surface area (Å²) < 4.78 is 2.38. The number of benzene rings is 2. The molecule has 0 bridgehead atoms. The number of aromatic nitrogens is 1. The Morgan fingerprint density at radius 3 is 2.03 bits per heavy atom. The second-order valence-electron chi connectivity index (χ2n) is 7.21. The summed E-state index contributed by atoms with van der Waals surface area (Å²) in [6.45, 7) is 9.93. The Balaban J connectivity index is 2.51. The first-order valence-corrected chi connectivity index (χ1v) is 10.0.